The first-order chi connectivity index (χ1) is 17.1. The highest BCUT2D eigenvalue weighted by Gasteiger charge is 2.33. The molecular formula is C30H32O5. The number of rotatable bonds is 12. The predicted octanol–water partition coefficient (Wildman–Crippen LogP) is 6.18. The van der Waals surface area contributed by atoms with E-state index in [9.17, 15) is 4.79 Å². The molecule has 4 rings (SSSR count). The van der Waals surface area contributed by atoms with Crippen LogP contribution < -0.4 is 9.47 Å². The van der Waals surface area contributed by atoms with Gasteiger partial charge in [-0.25, -0.2) is 4.79 Å². The van der Waals surface area contributed by atoms with Gasteiger partial charge in [0.15, 0.2) is 0 Å². The Morgan fingerprint density at radius 2 is 1.49 bits per heavy atom. The van der Waals surface area contributed by atoms with Gasteiger partial charge in [-0.05, 0) is 59.9 Å². The highest BCUT2D eigenvalue weighted by molar-refractivity contribution is 5.88. The van der Waals surface area contributed by atoms with Gasteiger partial charge in [-0.2, -0.15) is 0 Å². The van der Waals surface area contributed by atoms with Gasteiger partial charge in [0.05, 0.1) is 26.4 Å². The average molecular weight is 473 g/mol. The molecule has 0 unspecified atom stereocenters. The Morgan fingerprint density at radius 3 is 2.11 bits per heavy atom. The molecule has 1 aliphatic heterocycles. The second kappa shape index (κ2) is 12.3. The van der Waals surface area contributed by atoms with Crippen molar-refractivity contribution in [2.75, 3.05) is 33.0 Å². The summed E-state index contributed by atoms with van der Waals surface area (Å²) in [4.78, 5) is 12.1. The molecule has 0 amide bonds. The summed E-state index contributed by atoms with van der Waals surface area (Å²) in [6.45, 7) is 5.99. The summed E-state index contributed by atoms with van der Waals surface area (Å²) in [5, 5.41) is 0. The van der Waals surface area contributed by atoms with Crippen molar-refractivity contribution in [1.82, 2.24) is 0 Å². The standard InChI is InChI=1S/C30H32O5/c1-30(22-33-23-30)21-32-19-5-6-20-34-27-14-10-25(11-15-27)26-12-16-28(17-13-26)35-29(31)18-9-24-7-3-2-4-8-24/h2-4,7-18H,5-6,19-23H2,1H3/b18-9+. The fourth-order valence-electron chi connectivity index (χ4n) is 3.69. The van der Waals surface area contributed by atoms with Crippen molar-refractivity contribution < 1.29 is 23.7 Å². The van der Waals surface area contributed by atoms with Gasteiger partial charge in [0.2, 0.25) is 0 Å². The molecule has 0 radical (unpaired) electrons. The van der Waals surface area contributed by atoms with Crippen LogP contribution in [0.1, 0.15) is 25.3 Å². The minimum absolute atomic E-state index is 0.211. The van der Waals surface area contributed by atoms with E-state index in [2.05, 4.69) is 6.92 Å². The number of carbonyl (C=O) groups is 1. The normalized spacial score (nSPS) is 14.4. The van der Waals surface area contributed by atoms with Crippen LogP contribution in [0.5, 0.6) is 11.5 Å². The smallest absolute Gasteiger partial charge is 0.336 e. The van der Waals surface area contributed by atoms with Crippen LogP contribution in [0, 0.1) is 5.41 Å². The van der Waals surface area contributed by atoms with Crippen LogP contribution in [0.25, 0.3) is 17.2 Å². The van der Waals surface area contributed by atoms with Gasteiger partial charge in [-0.15, -0.1) is 0 Å². The van der Waals surface area contributed by atoms with Crippen molar-refractivity contribution >= 4 is 12.0 Å². The van der Waals surface area contributed by atoms with Gasteiger partial charge in [0.1, 0.15) is 11.5 Å². The van der Waals surface area contributed by atoms with Gasteiger partial charge in [-0.1, -0.05) is 61.5 Å². The number of ether oxygens (including phenoxy) is 4. The molecular weight excluding hydrogens is 440 g/mol. The Labute approximate surface area is 207 Å². The molecule has 182 valence electrons. The molecule has 1 saturated heterocycles. The van der Waals surface area contributed by atoms with Crippen LogP contribution in [0.15, 0.2) is 84.9 Å². The maximum absolute atomic E-state index is 12.1. The van der Waals surface area contributed by atoms with Gasteiger partial charge in [0, 0.05) is 18.1 Å². The van der Waals surface area contributed by atoms with E-state index < -0.39 is 5.97 Å². The quantitative estimate of drug-likeness (QED) is 0.136. The van der Waals surface area contributed by atoms with E-state index >= 15 is 0 Å². The van der Waals surface area contributed by atoms with Crippen molar-refractivity contribution in [2.45, 2.75) is 19.8 Å². The zero-order valence-electron chi connectivity index (χ0n) is 20.2. The number of carbonyl (C=O) groups excluding carboxylic acids is 1. The van der Waals surface area contributed by atoms with E-state index in [1.54, 1.807) is 18.2 Å². The molecule has 0 saturated carbocycles. The van der Waals surface area contributed by atoms with Crippen molar-refractivity contribution in [3.05, 3.63) is 90.5 Å². The molecule has 0 aliphatic carbocycles. The fraction of sp³-hybridized carbons (Fsp3) is 0.300. The van der Waals surface area contributed by atoms with Crippen LogP contribution in [0.2, 0.25) is 0 Å². The van der Waals surface area contributed by atoms with Gasteiger partial charge in [0.25, 0.3) is 0 Å². The second-order valence-electron chi connectivity index (χ2n) is 9.13. The minimum atomic E-state index is -0.406. The topological polar surface area (TPSA) is 54.0 Å². The first kappa shape index (κ1) is 24.7. The van der Waals surface area contributed by atoms with Crippen molar-refractivity contribution in [3.8, 4) is 22.6 Å². The predicted molar refractivity (Wildman–Crippen MR) is 137 cm³/mol. The van der Waals surface area contributed by atoms with Gasteiger partial charge < -0.3 is 18.9 Å². The van der Waals surface area contributed by atoms with E-state index in [0.717, 1.165) is 61.7 Å². The fourth-order valence-corrected chi connectivity index (χ4v) is 3.69. The Kier molecular flexibility index (Phi) is 8.71. The lowest BCUT2D eigenvalue weighted by atomic mass is 9.90. The molecule has 0 N–H and O–H groups in total. The summed E-state index contributed by atoms with van der Waals surface area (Å²) in [6, 6.07) is 25.1. The largest absolute Gasteiger partial charge is 0.494 e. The zero-order valence-corrected chi connectivity index (χ0v) is 20.2. The molecule has 0 bridgehead atoms. The third-order valence-corrected chi connectivity index (χ3v) is 5.78. The summed E-state index contributed by atoms with van der Waals surface area (Å²) in [7, 11) is 0. The van der Waals surface area contributed by atoms with Crippen LogP contribution >= 0.6 is 0 Å². The molecule has 0 atom stereocenters. The van der Waals surface area contributed by atoms with Crippen LogP contribution in [0.3, 0.4) is 0 Å². The summed E-state index contributed by atoms with van der Waals surface area (Å²) >= 11 is 0. The first-order valence-corrected chi connectivity index (χ1v) is 12.0. The summed E-state index contributed by atoms with van der Waals surface area (Å²) < 4.78 is 22.2. The molecule has 0 spiro atoms. The number of hydrogen-bond donors (Lipinski definition) is 0. The summed E-state index contributed by atoms with van der Waals surface area (Å²) in [5.74, 6) is 0.956. The van der Waals surface area contributed by atoms with E-state index in [1.165, 1.54) is 6.08 Å². The third kappa shape index (κ3) is 7.81. The molecule has 3 aromatic carbocycles. The van der Waals surface area contributed by atoms with E-state index in [1.807, 2.05) is 66.7 Å². The average Bonchev–Trinajstić information content (AvgIpc) is 2.87. The molecule has 35 heavy (non-hydrogen) atoms. The molecule has 1 fully saturated rings. The van der Waals surface area contributed by atoms with E-state index in [4.69, 9.17) is 18.9 Å². The minimum Gasteiger partial charge on any atom is -0.494 e. The lowest BCUT2D eigenvalue weighted by molar-refractivity contribution is -0.138. The molecule has 5 nitrogen and oxygen atoms in total. The Balaban J connectivity index is 1.17. The van der Waals surface area contributed by atoms with Crippen LogP contribution in [-0.2, 0) is 14.3 Å². The molecule has 5 heteroatoms. The highest BCUT2D eigenvalue weighted by atomic mass is 16.5. The maximum atomic E-state index is 12.1. The Hall–Kier alpha value is -3.41. The third-order valence-electron chi connectivity index (χ3n) is 5.78. The Morgan fingerprint density at radius 1 is 0.857 bits per heavy atom. The Bertz CT molecular complexity index is 1080. The SMILES string of the molecule is CC1(COCCCCOc2ccc(-c3ccc(OC(=O)/C=C/c4ccccc4)cc3)cc2)COC1. The lowest BCUT2D eigenvalue weighted by Crippen LogP contribution is -2.43. The molecule has 1 heterocycles. The molecule has 1 aliphatic rings. The number of hydrogen-bond acceptors (Lipinski definition) is 5. The van der Waals surface area contributed by atoms with Gasteiger partial charge >= 0.3 is 5.97 Å². The number of benzene rings is 3. The van der Waals surface area contributed by atoms with Crippen molar-refractivity contribution in [1.29, 1.82) is 0 Å². The van der Waals surface area contributed by atoms with E-state index in [-0.39, 0.29) is 5.41 Å². The maximum Gasteiger partial charge on any atom is 0.336 e. The summed E-state index contributed by atoms with van der Waals surface area (Å²) in [6.07, 6.45) is 5.10. The van der Waals surface area contributed by atoms with Crippen LogP contribution in [-0.4, -0.2) is 39.0 Å². The zero-order chi connectivity index (χ0) is 24.3. The van der Waals surface area contributed by atoms with E-state index in [0.29, 0.717) is 12.4 Å². The number of unbranched alkanes of at least 4 members (excludes halogenated alkanes) is 1. The molecule has 3 aromatic rings. The highest BCUT2D eigenvalue weighted by Crippen LogP contribution is 2.27. The lowest BCUT2D eigenvalue weighted by Gasteiger charge is -2.37. The second-order valence-corrected chi connectivity index (χ2v) is 9.13. The number of esters is 1. The monoisotopic (exact) mass is 472 g/mol. The van der Waals surface area contributed by atoms with Crippen molar-refractivity contribution in [3.63, 3.8) is 0 Å². The summed E-state index contributed by atoms with van der Waals surface area (Å²) in [5.41, 5.74) is 3.27. The molecule has 0 aromatic heterocycles. The van der Waals surface area contributed by atoms with Gasteiger partial charge in [-0.3, -0.25) is 0 Å². The first-order valence-electron chi connectivity index (χ1n) is 12.0. The van der Waals surface area contributed by atoms with Crippen LogP contribution in [0.4, 0.5) is 0 Å². The van der Waals surface area contributed by atoms with Crippen molar-refractivity contribution in [2.24, 2.45) is 5.41 Å².